The number of anilines is 1. The maximum absolute atomic E-state index is 4.41. The SMILES string of the molecule is Cc1ccc(NCc2ccc(Br)cn2)c(C)n1. The van der Waals surface area contributed by atoms with Gasteiger partial charge < -0.3 is 5.32 Å². The molecule has 0 amide bonds. The molecule has 0 radical (unpaired) electrons. The summed E-state index contributed by atoms with van der Waals surface area (Å²) in [6.07, 6.45) is 1.80. The number of aromatic nitrogens is 2. The van der Waals surface area contributed by atoms with E-state index in [1.165, 1.54) is 0 Å². The van der Waals surface area contributed by atoms with Gasteiger partial charge in [-0.1, -0.05) is 0 Å². The molecule has 17 heavy (non-hydrogen) atoms. The van der Waals surface area contributed by atoms with Crippen molar-refractivity contribution in [2.75, 3.05) is 5.32 Å². The highest BCUT2D eigenvalue weighted by Gasteiger charge is 2.00. The summed E-state index contributed by atoms with van der Waals surface area (Å²) in [5.74, 6) is 0. The van der Waals surface area contributed by atoms with Gasteiger partial charge >= 0.3 is 0 Å². The molecule has 0 aliphatic heterocycles. The second kappa shape index (κ2) is 5.27. The van der Waals surface area contributed by atoms with Crippen LogP contribution in [0.1, 0.15) is 17.1 Å². The fraction of sp³-hybridized carbons (Fsp3) is 0.231. The van der Waals surface area contributed by atoms with Crippen LogP contribution in [-0.2, 0) is 6.54 Å². The van der Waals surface area contributed by atoms with Crippen molar-refractivity contribution in [3.63, 3.8) is 0 Å². The number of hydrogen-bond acceptors (Lipinski definition) is 3. The van der Waals surface area contributed by atoms with E-state index in [1.54, 1.807) is 6.20 Å². The zero-order chi connectivity index (χ0) is 12.3. The summed E-state index contributed by atoms with van der Waals surface area (Å²) < 4.78 is 0.995. The van der Waals surface area contributed by atoms with E-state index in [0.717, 1.165) is 27.2 Å². The molecule has 3 nitrogen and oxygen atoms in total. The second-order valence-electron chi connectivity index (χ2n) is 3.91. The van der Waals surface area contributed by atoms with E-state index in [4.69, 9.17) is 0 Å². The summed E-state index contributed by atoms with van der Waals surface area (Å²) in [7, 11) is 0. The highest BCUT2D eigenvalue weighted by Crippen LogP contribution is 2.14. The molecule has 0 saturated carbocycles. The fourth-order valence-corrected chi connectivity index (χ4v) is 1.80. The summed E-state index contributed by atoms with van der Waals surface area (Å²) in [6, 6.07) is 8.04. The van der Waals surface area contributed by atoms with Crippen LogP contribution in [0.4, 0.5) is 5.69 Å². The van der Waals surface area contributed by atoms with Gasteiger partial charge in [-0.15, -0.1) is 0 Å². The van der Waals surface area contributed by atoms with E-state index in [0.29, 0.717) is 6.54 Å². The summed E-state index contributed by atoms with van der Waals surface area (Å²) in [6.45, 7) is 4.70. The minimum atomic E-state index is 0.707. The Balaban J connectivity index is 2.04. The number of halogens is 1. The maximum atomic E-state index is 4.41. The Hall–Kier alpha value is -1.42. The summed E-state index contributed by atoms with van der Waals surface area (Å²) in [5, 5.41) is 3.34. The lowest BCUT2D eigenvalue weighted by atomic mass is 10.2. The average Bonchev–Trinajstić information content (AvgIpc) is 2.30. The van der Waals surface area contributed by atoms with Crippen LogP contribution in [0.2, 0.25) is 0 Å². The van der Waals surface area contributed by atoms with Gasteiger partial charge in [-0.2, -0.15) is 0 Å². The Kier molecular flexibility index (Phi) is 3.74. The molecule has 2 heterocycles. The number of pyridine rings is 2. The normalized spacial score (nSPS) is 10.3. The van der Waals surface area contributed by atoms with Crippen molar-refractivity contribution in [1.29, 1.82) is 0 Å². The van der Waals surface area contributed by atoms with E-state index in [2.05, 4.69) is 37.3 Å². The Morgan fingerprint density at radius 2 is 2.00 bits per heavy atom. The molecule has 0 aliphatic rings. The lowest BCUT2D eigenvalue weighted by molar-refractivity contribution is 1.02. The molecule has 2 rings (SSSR count). The summed E-state index contributed by atoms with van der Waals surface area (Å²) in [4.78, 5) is 8.72. The Labute approximate surface area is 109 Å². The zero-order valence-corrected chi connectivity index (χ0v) is 11.5. The van der Waals surface area contributed by atoms with Gasteiger partial charge in [0, 0.05) is 16.4 Å². The van der Waals surface area contributed by atoms with Gasteiger partial charge in [0.2, 0.25) is 0 Å². The number of nitrogens with one attached hydrogen (secondary N) is 1. The van der Waals surface area contributed by atoms with Gasteiger partial charge in [-0.05, 0) is 54.0 Å². The predicted octanol–water partition coefficient (Wildman–Crippen LogP) is 3.47. The molecule has 0 unspecified atom stereocenters. The molecule has 0 bridgehead atoms. The Bertz CT molecular complexity index is 509. The van der Waals surface area contributed by atoms with Gasteiger partial charge in [-0.25, -0.2) is 0 Å². The molecule has 4 heteroatoms. The van der Waals surface area contributed by atoms with Crippen LogP contribution in [0.5, 0.6) is 0 Å². The van der Waals surface area contributed by atoms with E-state index >= 15 is 0 Å². The molecule has 1 N–H and O–H groups in total. The molecular formula is C13H14BrN3. The average molecular weight is 292 g/mol. The third kappa shape index (κ3) is 3.27. The molecular weight excluding hydrogens is 278 g/mol. The second-order valence-corrected chi connectivity index (χ2v) is 4.82. The van der Waals surface area contributed by atoms with Crippen molar-refractivity contribution in [1.82, 2.24) is 9.97 Å². The topological polar surface area (TPSA) is 37.8 Å². The van der Waals surface area contributed by atoms with Crippen LogP contribution in [0, 0.1) is 13.8 Å². The Morgan fingerprint density at radius 3 is 2.65 bits per heavy atom. The predicted molar refractivity (Wildman–Crippen MR) is 73.0 cm³/mol. The van der Waals surface area contributed by atoms with Gasteiger partial charge in [0.1, 0.15) is 0 Å². The highest BCUT2D eigenvalue weighted by atomic mass is 79.9. The van der Waals surface area contributed by atoms with Gasteiger partial charge in [0.25, 0.3) is 0 Å². The van der Waals surface area contributed by atoms with Crippen LogP contribution >= 0.6 is 15.9 Å². The molecule has 0 aromatic carbocycles. The zero-order valence-electron chi connectivity index (χ0n) is 9.87. The van der Waals surface area contributed by atoms with E-state index in [9.17, 15) is 0 Å². The molecule has 0 fully saturated rings. The maximum Gasteiger partial charge on any atom is 0.0607 e. The number of nitrogens with zero attached hydrogens (tertiary/aromatic N) is 2. The Morgan fingerprint density at radius 1 is 1.18 bits per heavy atom. The quantitative estimate of drug-likeness (QED) is 0.941. The van der Waals surface area contributed by atoms with Crippen molar-refractivity contribution >= 4 is 21.6 Å². The third-order valence-corrected chi connectivity index (χ3v) is 2.94. The number of hydrogen-bond donors (Lipinski definition) is 1. The monoisotopic (exact) mass is 291 g/mol. The fourth-order valence-electron chi connectivity index (χ4n) is 1.57. The molecule has 2 aromatic rings. The molecule has 0 atom stereocenters. The minimum absolute atomic E-state index is 0.707. The van der Waals surface area contributed by atoms with Crippen LogP contribution < -0.4 is 5.32 Å². The van der Waals surface area contributed by atoms with E-state index in [-0.39, 0.29) is 0 Å². The van der Waals surface area contributed by atoms with Crippen molar-refractivity contribution in [3.05, 3.63) is 52.0 Å². The first-order chi connectivity index (χ1) is 8.15. The smallest absolute Gasteiger partial charge is 0.0607 e. The molecule has 0 spiro atoms. The molecule has 0 aliphatic carbocycles. The van der Waals surface area contributed by atoms with Crippen LogP contribution in [-0.4, -0.2) is 9.97 Å². The lowest BCUT2D eigenvalue weighted by Crippen LogP contribution is -2.03. The summed E-state index contributed by atoms with van der Waals surface area (Å²) in [5.41, 5.74) is 4.12. The molecule has 0 saturated heterocycles. The van der Waals surface area contributed by atoms with Gasteiger partial charge in [0.15, 0.2) is 0 Å². The largest absolute Gasteiger partial charge is 0.378 e. The number of rotatable bonds is 3. The third-order valence-electron chi connectivity index (χ3n) is 2.47. The first-order valence-corrected chi connectivity index (χ1v) is 6.23. The van der Waals surface area contributed by atoms with Crippen molar-refractivity contribution in [2.24, 2.45) is 0 Å². The van der Waals surface area contributed by atoms with E-state index in [1.807, 2.05) is 32.0 Å². The van der Waals surface area contributed by atoms with Crippen LogP contribution in [0.15, 0.2) is 34.9 Å². The van der Waals surface area contributed by atoms with Crippen LogP contribution in [0.25, 0.3) is 0 Å². The molecule has 88 valence electrons. The first-order valence-electron chi connectivity index (χ1n) is 5.44. The molecule has 2 aromatic heterocycles. The van der Waals surface area contributed by atoms with Crippen molar-refractivity contribution < 1.29 is 0 Å². The first kappa shape index (κ1) is 12.0. The number of aryl methyl sites for hydroxylation is 2. The lowest BCUT2D eigenvalue weighted by Gasteiger charge is -2.09. The van der Waals surface area contributed by atoms with Crippen molar-refractivity contribution in [2.45, 2.75) is 20.4 Å². The van der Waals surface area contributed by atoms with Gasteiger partial charge in [-0.3, -0.25) is 9.97 Å². The van der Waals surface area contributed by atoms with E-state index < -0.39 is 0 Å². The van der Waals surface area contributed by atoms with Gasteiger partial charge in [0.05, 0.1) is 23.6 Å². The standard InChI is InChI=1S/C13H14BrN3/c1-9-3-6-13(10(2)17-9)16-8-12-5-4-11(14)7-15-12/h3-7,16H,8H2,1-2H3. The highest BCUT2D eigenvalue weighted by molar-refractivity contribution is 9.10. The minimum Gasteiger partial charge on any atom is -0.378 e. The van der Waals surface area contributed by atoms with Crippen molar-refractivity contribution in [3.8, 4) is 0 Å². The summed E-state index contributed by atoms with van der Waals surface area (Å²) >= 11 is 3.37. The van der Waals surface area contributed by atoms with Crippen LogP contribution in [0.3, 0.4) is 0 Å².